The van der Waals surface area contributed by atoms with Crippen LogP contribution < -0.4 is 14.2 Å². The number of ketones is 1. The van der Waals surface area contributed by atoms with E-state index in [1.54, 1.807) is 42.5 Å². The maximum atomic E-state index is 12.3. The van der Waals surface area contributed by atoms with Crippen molar-refractivity contribution in [3.8, 4) is 23.3 Å². The van der Waals surface area contributed by atoms with Crippen LogP contribution >= 0.6 is 0 Å². The molecule has 0 N–H and O–H groups in total. The van der Waals surface area contributed by atoms with Gasteiger partial charge in [-0.25, -0.2) is 0 Å². The average Bonchev–Trinajstić information content (AvgIpc) is 2.84. The SMILES string of the molecule is N#Cc1cccc(OCC(=O)c2ccc3c(c2)OCCCO3)c1. The first kappa shape index (κ1) is 14.9. The van der Waals surface area contributed by atoms with Crippen molar-refractivity contribution >= 4 is 5.78 Å². The molecule has 5 nitrogen and oxygen atoms in total. The van der Waals surface area contributed by atoms with Crippen LogP contribution in [-0.4, -0.2) is 25.6 Å². The van der Waals surface area contributed by atoms with Crippen LogP contribution in [-0.2, 0) is 0 Å². The Morgan fingerprint density at radius 1 is 1.13 bits per heavy atom. The fourth-order valence-electron chi connectivity index (χ4n) is 2.22. The molecule has 0 radical (unpaired) electrons. The van der Waals surface area contributed by atoms with Crippen LogP contribution in [0.3, 0.4) is 0 Å². The van der Waals surface area contributed by atoms with Gasteiger partial charge in [0, 0.05) is 12.0 Å². The third-order valence-corrected chi connectivity index (χ3v) is 3.40. The normalized spacial score (nSPS) is 12.8. The highest BCUT2D eigenvalue weighted by Gasteiger charge is 2.14. The third kappa shape index (κ3) is 3.61. The van der Waals surface area contributed by atoms with Crippen LogP contribution in [0, 0.1) is 11.3 Å². The summed E-state index contributed by atoms with van der Waals surface area (Å²) in [6.07, 6.45) is 0.816. The van der Waals surface area contributed by atoms with E-state index in [0.29, 0.717) is 41.6 Å². The van der Waals surface area contributed by atoms with Crippen molar-refractivity contribution in [1.82, 2.24) is 0 Å². The van der Waals surface area contributed by atoms with Gasteiger partial charge in [-0.05, 0) is 36.4 Å². The molecular formula is C18H15NO4. The van der Waals surface area contributed by atoms with Gasteiger partial charge >= 0.3 is 0 Å². The van der Waals surface area contributed by atoms with Gasteiger partial charge in [0.05, 0.1) is 24.8 Å². The molecule has 0 bridgehead atoms. The summed E-state index contributed by atoms with van der Waals surface area (Å²) in [5.74, 6) is 1.57. The highest BCUT2D eigenvalue weighted by molar-refractivity contribution is 5.97. The molecule has 2 aromatic carbocycles. The average molecular weight is 309 g/mol. The number of carbonyl (C=O) groups is 1. The van der Waals surface area contributed by atoms with Gasteiger partial charge in [-0.15, -0.1) is 0 Å². The van der Waals surface area contributed by atoms with E-state index in [-0.39, 0.29) is 12.4 Å². The molecule has 1 heterocycles. The molecule has 0 aromatic heterocycles. The molecule has 1 aliphatic rings. The molecule has 1 aliphatic heterocycles. The summed E-state index contributed by atoms with van der Waals surface area (Å²) >= 11 is 0. The number of Topliss-reactive ketones (excluding diaryl/α,β-unsaturated/α-hetero) is 1. The Hall–Kier alpha value is -3.00. The molecule has 0 saturated carbocycles. The third-order valence-electron chi connectivity index (χ3n) is 3.40. The Bertz CT molecular complexity index is 764. The van der Waals surface area contributed by atoms with Crippen LogP contribution in [0.15, 0.2) is 42.5 Å². The lowest BCUT2D eigenvalue weighted by atomic mass is 10.1. The lowest BCUT2D eigenvalue weighted by Crippen LogP contribution is -2.12. The summed E-state index contributed by atoms with van der Waals surface area (Å²) in [5, 5.41) is 8.85. The van der Waals surface area contributed by atoms with Gasteiger partial charge in [0.25, 0.3) is 0 Å². The van der Waals surface area contributed by atoms with Crippen molar-refractivity contribution in [1.29, 1.82) is 5.26 Å². The topological polar surface area (TPSA) is 68.5 Å². The van der Waals surface area contributed by atoms with Crippen molar-refractivity contribution in [3.63, 3.8) is 0 Å². The zero-order valence-electron chi connectivity index (χ0n) is 12.5. The molecule has 0 amide bonds. The molecule has 23 heavy (non-hydrogen) atoms. The van der Waals surface area contributed by atoms with Crippen LogP contribution in [0.1, 0.15) is 22.3 Å². The predicted octanol–water partition coefficient (Wildman–Crippen LogP) is 2.98. The quantitative estimate of drug-likeness (QED) is 0.812. The summed E-state index contributed by atoms with van der Waals surface area (Å²) in [5.41, 5.74) is 0.996. The number of benzene rings is 2. The second kappa shape index (κ2) is 6.84. The number of ether oxygens (including phenoxy) is 3. The van der Waals surface area contributed by atoms with Gasteiger partial charge in [0.1, 0.15) is 5.75 Å². The fraction of sp³-hybridized carbons (Fsp3) is 0.222. The van der Waals surface area contributed by atoms with E-state index < -0.39 is 0 Å². The Morgan fingerprint density at radius 3 is 2.78 bits per heavy atom. The first-order valence-electron chi connectivity index (χ1n) is 7.32. The van der Waals surface area contributed by atoms with E-state index in [1.165, 1.54) is 0 Å². The Labute approximate surface area is 134 Å². The zero-order valence-corrected chi connectivity index (χ0v) is 12.5. The molecule has 0 saturated heterocycles. The van der Waals surface area contributed by atoms with Crippen LogP contribution in [0.5, 0.6) is 17.2 Å². The Balaban J connectivity index is 1.68. The van der Waals surface area contributed by atoms with Gasteiger partial charge in [-0.1, -0.05) is 6.07 Å². The van der Waals surface area contributed by atoms with Crippen molar-refractivity contribution in [2.24, 2.45) is 0 Å². The Kier molecular flexibility index (Phi) is 4.44. The fourth-order valence-corrected chi connectivity index (χ4v) is 2.22. The highest BCUT2D eigenvalue weighted by Crippen LogP contribution is 2.30. The second-order valence-corrected chi connectivity index (χ2v) is 5.06. The number of fused-ring (bicyclic) bond motifs is 1. The summed E-state index contributed by atoms with van der Waals surface area (Å²) in [4.78, 5) is 12.3. The number of hydrogen-bond acceptors (Lipinski definition) is 5. The number of carbonyl (C=O) groups excluding carboxylic acids is 1. The molecule has 0 spiro atoms. The molecule has 0 unspecified atom stereocenters. The minimum absolute atomic E-state index is 0.103. The van der Waals surface area contributed by atoms with Crippen molar-refractivity contribution in [3.05, 3.63) is 53.6 Å². The highest BCUT2D eigenvalue weighted by atomic mass is 16.5. The van der Waals surface area contributed by atoms with Crippen LogP contribution in [0.2, 0.25) is 0 Å². The van der Waals surface area contributed by atoms with E-state index in [1.807, 2.05) is 6.07 Å². The first-order valence-corrected chi connectivity index (χ1v) is 7.32. The lowest BCUT2D eigenvalue weighted by molar-refractivity contribution is 0.0921. The zero-order chi connectivity index (χ0) is 16.1. The summed E-state index contributed by atoms with van der Waals surface area (Å²) in [6.45, 7) is 1.08. The molecule has 5 heteroatoms. The minimum atomic E-state index is -0.164. The van der Waals surface area contributed by atoms with Crippen molar-refractivity contribution in [2.45, 2.75) is 6.42 Å². The van der Waals surface area contributed by atoms with E-state index in [9.17, 15) is 4.79 Å². The Morgan fingerprint density at radius 2 is 1.96 bits per heavy atom. The monoisotopic (exact) mass is 309 g/mol. The molecule has 0 fully saturated rings. The van der Waals surface area contributed by atoms with E-state index in [4.69, 9.17) is 19.5 Å². The maximum absolute atomic E-state index is 12.3. The summed E-state index contributed by atoms with van der Waals surface area (Å²) in [7, 11) is 0. The summed E-state index contributed by atoms with van der Waals surface area (Å²) in [6, 6.07) is 13.9. The number of rotatable bonds is 4. The van der Waals surface area contributed by atoms with Crippen LogP contribution in [0.4, 0.5) is 0 Å². The van der Waals surface area contributed by atoms with Crippen molar-refractivity contribution in [2.75, 3.05) is 19.8 Å². The van der Waals surface area contributed by atoms with E-state index in [0.717, 1.165) is 6.42 Å². The second-order valence-electron chi connectivity index (χ2n) is 5.06. The van der Waals surface area contributed by atoms with E-state index in [2.05, 4.69) is 0 Å². The van der Waals surface area contributed by atoms with Crippen molar-refractivity contribution < 1.29 is 19.0 Å². The largest absolute Gasteiger partial charge is 0.490 e. The minimum Gasteiger partial charge on any atom is -0.490 e. The molecule has 2 aromatic rings. The lowest BCUT2D eigenvalue weighted by Gasteiger charge is -2.09. The molecule has 0 atom stereocenters. The van der Waals surface area contributed by atoms with E-state index >= 15 is 0 Å². The van der Waals surface area contributed by atoms with Gasteiger partial charge in [0.2, 0.25) is 0 Å². The van der Waals surface area contributed by atoms with Gasteiger partial charge in [-0.3, -0.25) is 4.79 Å². The van der Waals surface area contributed by atoms with Gasteiger partial charge in [0.15, 0.2) is 23.9 Å². The number of nitriles is 1. The molecule has 3 rings (SSSR count). The smallest absolute Gasteiger partial charge is 0.200 e. The molecule has 116 valence electrons. The van der Waals surface area contributed by atoms with Gasteiger partial charge in [-0.2, -0.15) is 5.26 Å². The number of hydrogen-bond donors (Lipinski definition) is 0. The summed E-state index contributed by atoms with van der Waals surface area (Å²) < 4.78 is 16.6. The van der Waals surface area contributed by atoms with Gasteiger partial charge < -0.3 is 14.2 Å². The molecule has 0 aliphatic carbocycles. The standard InChI is InChI=1S/C18H15NO4/c19-11-13-3-1-4-15(9-13)23-12-16(20)14-5-6-17-18(10-14)22-8-2-7-21-17/h1,3-6,9-10H,2,7-8,12H2. The first-order chi connectivity index (χ1) is 11.3. The number of nitrogens with zero attached hydrogens (tertiary/aromatic N) is 1. The van der Waals surface area contributed by atoms with Crippen LogP contribution in [0.25, 0.3) is 0 Å². The predicted molar refractivity (Wildman–Crippen MR) is 83.0 cm³/mol. The maximum Gasteiger partial charge on any atom is 0.200 e. The molecular weight excluding hydrogens is 294 g/mol.